The Balaban J connectivity index is 1.63. The number of fused-ring (bicyclic) bond motifs is 8. The van der Waals surface area contributed by atoms with E-state index in [4.69, 9.17) is 9.47 Å². The zero-order valence-electron chi connectivity index (χ0n) is 11.5. The maximum atomic E-state index is 9.96. The minimum Gasteiger partial charge on any atom is -0.454 e. The van der Waals surface area contributed by atoms with Crippen LogP contribution in [-0.2, 0) is 6.54 Å². The minimum absolute atomic E-state index is 0.248. The van der Waals surface area contributed by atoms with Crippen LogP contribution in [-0.4, -0.2) is 46.7 Å². The molecule has 1 aromatic carbocycles. The predicted molar refractivity (Wildman–Crippen MR) is 74.2 cm³/mol. The van der Waals surface area contributed by atoms with E-state index in [9.17, 15) is 10.2 Å². The van der Waals surface area contributed by atoms with Crippen LogP contribution in [0.1, 0.15) is 23.5 Å². The number of ether oxygens (including phenoxy) is 2. The normalized spacial score (nSPS) is 38.8. The SMILES string of the molecule is O[C@@H]1C=C2[C@H]3CN(Cc4cc5c(cc43)OCO5)[C@@H]2C[C@H]1O. The van der Waals surface area contributed by atoms with Crippen LogP contribution >= 0.6 is 0 Å². The van der Waals surface area contributed by atoms with E-state index in [-0.39, 0.29) is 6.04 Å². The first-order valence-electron chi connectivity index (χ1n) is 7.45. The van der Waals surface area contributed by atoms with Gasteiger partial charge in [-0.1, -0.05) is 6.08 Å². The molecule has 1 aromatic rings. The van der Waals surface area contributed by atoms with Crippen LogP contribution < -0.4 is 9.47 Å². The molecule has 5 nitrogen and oxygen atoms in total. The first-order chi connectivity index (χ1) is 10.2. The second-order valence-electron chi connectivity index (χ2n) is 6.36. The lowest BCUT2D eigenvalue weighted by atomic mass is 9.82. The van der Waals surface area contributed by atoms with Crippen LogP contribution in [0.3, 0.4) is 0 Å². The van der Waals surface area contributed by atoms with Crippen molar-refractivity contribution >= 4 is 0 Å². The van der Waals surface area contributed by atoms with Gasteiger partial charge in [0.25, 0.3) is 0 Å². The van der Waals surface area contributed by atoms with Crippen molar-refractivity contribution < 1.29 is 19.7 Å². The molecule has 0 radical (unpaired) electrons. The number of rotatable bonds is 0. The monoisotopic (exact) mass is 287 g/mol. The van der Waals surface area contributed by atoms with Crippen LogP contribution in [0.5, 0.6) is 11.5 Å². The Kier molecular flexibility index (Phi) is 2.29. The average Bonchev–Trinajstić information content (AvgIpc) is 3.03. The Morgan fingerprint density at radius 3 is 2.81 bits per heavy atom. The van der Waals surface area contributed by atoms with E-state index in [0.29, 0.717) is 19.1 Å². The third-order valence-electron chi connectivity index (χ3n) is 5.25. The molecule has 3 heterocycles. The number of benzene rings is 1. The number of nitrogens with zero attached hydrogens (tertiary/aromatic N) is 1. The number of aliphatic hydroxyl groups excluding tert-OH is 2. The van der Waals surface area contributed by atoms with E-state index >= 15 is 0 Å². The van der Waals surface area contributed by atoms with Gasteiger partial charge in [0.15, 0.2) is 11.5 Å². The molecular weight excluding hydrogens is 270 g/mol. The minimum atomic E-state index is -0.741. The zero-order chi connectivity index (χ0) is 14.1. The van der Waals surface area contributed by atoms with Gasteiger partial charge in [0.2, 0.25) is 6.79 Å². The summed E-state index contributed by atoms with van der Waals surface area (Å²) in [4.78, 5) is 2.40. The fourth-order valence-electron chi connectivity index (χ4n) is 4.23. The van der Waals surface area contributed by atoms with E-state index in [1.165, 1.54) is 16.7 Å². The van der Waals surface area contributed by atoms with Gasteiger partial charge in [-0.2, -0.15) is 0 Å². The van der Waals surface area contributed by atoms with Crippen LogP contribution in [0.4, 0.5) is 0 Å². The Labute approximate surface area is 122 Å². The third kappa shape index (κ3) is 1.56. The summed E-state index contributed by atoms with van der Waals surface area (Å²) in [5.41, 5.74) is 3.81. The smallest absolute Gasteiger partial charge is 0.231 e. The van der Waals surface area contributed by atoms with E-state index in [0.717, 1.165) is 24.6 Å². The fourth-order valence-corrected chi connectivity index (χ4v) is 4.23. The molecule has 1 unspecified atom stereocenters. The molecule has 0 spiro atoms. The maximum Gasteiger partial charge on any atom is 0.231 e. The Bertz CT molecular complexity index is 656. The summed E-state index contributed by atoms with van der Waals surface area (Å²) in [6.45, 7) is 2.12. The molecule has 2 N–H and O–H groups in total. The van der Waals surface area contributed by atoms with Crippen molar-refractivity contribution in [2.24, 2.45) is 0 Å². The highest BCUT2D eigenvalue weighted by molar-refractivity contribution is 5.54. The highest BCUT2D eigenvalue weighted by Crippen LogP contribution is 2.49. The second kappa shape index (κ2) is 4.00. The molecule has 1 saturated heterocycles. The van der Waals surface area contributed by atoms with Crippen molar-refractivity contribution in [2.75, 3.05) is 13.3 Å². The topological polar surface area (TPSA) is 62.2 Å². The molecule has 5 atom stereocenters. The number of hydrogen-bond donors (Lipinski definition) is 2. The van der Waals surface area contributed by atoms with Gasteiger partial charge >= 0.3 is 0 Å². The summed E-state index contributed by atoms with van der Waals surface area (Å²) < 4.78 is 11.0. The summed E-state index contributed by atoms with van der Waals surface area (Å²) in [5, 5.41) is 19.9. The lowest BCUT2D eigenvalue weighted by Gasteiger charge is -2.31. The van der Waals surface area contributed by atoms with Gasteiger partial charge in [0.1, 0.15) is 0 Å². The van der Waals surface area contributed by atoms with Crippen LogP contribution in [0.2, 0.25) is 0 Å². The first kappa shape index (κ1) is 12.0. The maximum absolute atomic E-state index is 9.96. The van der Waals surface area contributed by atoms with Gasteiger partial charge in [0, 0.05) is 25.0 Å². The highest BCUT2D eigenvalue weighted by atomic mass is 16.7. The van der Waals surface area contributed by atoms with E-state index in [1.807, 2.05) is 6.08 Å². The fraction of sp³-hybridized carbons (Fsp3) is 0.500. The molecule has 21 heavy (non-hydrogen) atoms. The molecule has 1 fully saturated rings. The summed E-state index contributed by atoms with van der Waals surface area (Å²) in [6, 6.07) is 4.43. The highest BCUT2D eigenvalue weighted by Gasteiger charge is 2.46. The van der Waals surface area contributed by atoms with Crippen molar-refractivity contribution in [3.63, 3.8) is 0 Å². The van der Waals surface area contributed by atoms with Crippen molar-refractivity contribution in [3.05, 3.63) is 34.9 Å². The Morgan fingerprint density at radius 1 is 1.14 bits per heavy atom. The van der Waals surface area contributed by atoms with Gasteiger partial charge in [0.05, 0.1) is 12.2 Å². The molecule has 110 valence electrons. The van der Waals surface area contributed by atoms with Crippen molar-refractivity contribution in [1.82, 2.24) is 4.90 Å². The van der Waals surface area contributed by atoms with Gasteiger partial charge in [-0.05, 0) is 35.3 Å². The molecule has 0 amide bonds. The summed E-state index contributed by atoms with van der Waals surface area (Å²) in [5.74, 6) is 1.95. The lowest BCUT2D eigenvalue weighted by molar-refractivity contribution is 0.0208. The summed E-state index contributed by atoms with van der Waals surface area (Å²) >= 11 is 0. The van der Waals surface area contributed by atoms with Gasteiger partial charge in [-0.3, -0.25) is 4.90 Å². The van der Waals surface area contributed by atoms with Crippen LogP contribution in [0.25, 0.3) is 0 Å². The van der Waals surface area contributed by atoms with Gasteiger partial charge in [-0.15, -0.1) is 0 Å². The van der Waals surface area contributed by atoms with Crippen LogP contribution in [0, 0.1) is 0 Å². The second-order valence-corrected chi connectivity index (χ2v) is 6.36. The van der Waals surface area contributed by atoms with Gasteiger partial charge < -0.3 is 19.7 Å². The number of hydrogen-bond acceptors (Lipinski definition) is 5. The molecule has 4 aliphatic rings. The van der Waals surface area contributed by atoms with E-state index in [2.05, 4.69) is 17.0 Å². The van der Waals surface area contributed by atoms with Crippen molar-refractivity contribution in [3.8, 4) is 11.5 Å². The average molecular weight is 287 g/mol. The summed E-state index contributed by atoms with van der Waals surface area (Å²) in [6.07, 6.45) is 1.08. The molecular formula is C16H17NO4. The van der Waals surface area contributed by atoms with Crippen LogP contribution in [0.15, 0.2) is 23.8 Å². The lowest BCUT2D eigenvalue weighted by Crippen LogP contribution is -2.39. The van der Waals surface area contributed by atoms with Crippen molar-refractivity contribution in [2.45, 2.75) is 37.1 Å². The van der Waals surface area contributed by atoms with Crippen molar-refractivity contribution in [1.29, 1.82) is 0 Å². The zero-order valence-corrected chi connectivity index (χ0v) is 11.5. The molecule has 0 aromatic heterocycles. The Hall–Kier alpha value is -1.56. The van der Waals surface area contributed by atoms with E-state index < -0.39 is 12.2 Å². The quantitative estimate of drug-likeness (QED) is 0.690. The molecule has 3 aliphatic heterocycles. The first-order valence-corrected chi connectivity index (χ1v) is 7.45. The van der Waals surface area contributed by atoms with E-state index in [1.54, 1.807) is 0 Å². The molecule has 2 bridgehead atoms. The molecule has 1 aliphatic carbocycles. The molecule has 0 saturated carbocycles. The largest absolute Gasteiger partial charge is 0.454 e. The summed E-state index contributed by atoms with van der Waals surface area (Å²) in [7, 11) is 0. The molecule has 5 heteroatoms. The third-order valence-corrected chi connectivity index (χ3v) is 5.25. The predicted octanol–water partition coefficient (Wildman–Crippen LogP) is 0.749. The standard InChI is InChI=1S/C16H17NO4/c18-13-2-10-11-6-17(12(10)4-14(13)19)5-8-1-15-16(3-9(8)11)21-7-20-15/h1-3,11-14,18-19H,4-7H2/t11-,12+,13+,14+/m0/s1. The Morgan fingerprint density at radius 2 is 1.95 bits per heavy atom. The van der Waals surface area contributed by atoms with Gasteiger partial charge in [-0.25, -0.2) is 0 Å². The number of aliphatic hydroxyl groups is 2. The molecule has 5 rings (SSSR count).